The van der Waals surface area contributed by atoms with Crippen LogP contribution in [0.5, 0.6) is 0 Å². The molecule has 0 aromatic heterocycles. The van der Waals surface area contributed by atoms with Gasteiger partial charge in [-0.05, 0) is 50.1 Å². The van der Waals surface area contributed by atoms with E-state index in [1.165, 1.54) is 12.1 Å². The zero-order valence-corrected chi connectivity index (χ0v) is 15.1. The molecule has 0 unspecified atom stereocenters. The van der Waals surface area contributed by atoms with Crippen LogP contribution in [-0.2, 0) is 16.4 Å². The first kappa shape index (κ1) is 19.0. The Bertz CT molecular complexity index is 788. The van der Waals surface area contributed by atoms with Crippen molar-refractivity contribution in [3.8, 4) is 0 Å². The minimum atomic E-state index is -3.53. The van der Waals surface area contributed by atoms with Crippen molar-refractivity contribution in [2.45, 2.75) is 31.2 Å². The summed E-state index contributed by atoms with van der Waals surface area (Å²) in [7, 11) is -3.53. The summed E-state index contributed by atoms with van der Waals surface area (Å²) in [5.41, 5.74) is 1.68. The van der Waals surface area contributed by atoms with Gasteiger partial charge in [0.25, 0.3) is 0 Å². The largest absolute Gasteiger partial charge is 0.338 e. The van der Waals surface area contributed by atoms with Gasteiger partial charge < -0.3 is 10.6 Å². The highest BCUT2D eigenvalue weighted by Crippen LogP contribution is 2.14. The molecule has 2 rings (SSSR count). The lowest BCUT2D eigenvalue weighted by Gasteiger charge is -2.11. The van der Waals surface area contributed by atoms with Gasteiger partial charge in [0.2, 0.25) is 10.0 Å². The van der Waals surface area contributed by atoms with Gasteiger partial charge in [0.15, 0.2) is 0 Å². The number of amides is 2. The van der Waals surface area contributed by atoms with E-state index in [1.54, 1.807) is 26.0 Å². The van der Waals surface area contributed by atoms with E-state index in [0.717, 1.165) is 12.0 Å². The van der Waals surface area contributed by atoms with Crippen LogP contribution in [0.3, 0.4) is 0 Å². The monoisotopic (exact) mass is 361 g/mol. The van der Waals surface area contributed by atoms with E-state index in [1.807, 2.05) is 30.3 Å². The average molecular weight is 361 g/mol. The molecule has 0 spiro atoms. The second-order valence-corrected chi connectivity index (χ2v) is 7.63. The maximum Gasteiger partial charge on any atom is 0.319 e. The van der Waals surface area contributed by atoms with Crippen LogP contribution in [0.4, 0.5) is 10.5 Å². The van der Waals surface area contributed by atoms with Crippen molar-refractivity contribution in [2.24, 2.45) is 0 Å². The summed E-state index contributed by atoms with van der Waals surface area (Å²) in [6.45, 7) is 4.03. The summed E-state index contributed by atoms with van der Waals surface area (Å²) in [5, 5.41) is 5.45. The van der Waals surface area contributed by atoms with Crippen LogP contribution >= 0.6 is 0 Å². The number of hydrogen-bond acceptors (Lipinski definition) is 3. The number of benzene rings is 2. The molecule has 25 heavy (non-hydrogen) atoms. The lowest BCUT2D eigenvalue weighted by atomic mass is 10.1. The van der Waals surface area contributed by atoms with Crippen LogP contribution in [-0.4, -0.2) is 27.0 Å². The van der Waals surface area contributed by atoms with Crippen molar-refractivity contribution in [3.63, 3.8) is 0 Å². The molecule has 134 valence electrons. The van der Waals surface area contributed by atoms with E-state index < -0.39 is 10.0 Å². The van der Waals surface area contributed by atoms with E-state index in [9.17, 15) is 13.2 Å². The fourth-order valence-electron chi connectivity index (χ4n) is 2.24. The highest BCUT2D eigenvalue weighted by molar-refractivity contribution is 7.89. The fourth-order valence-corrected chi connectivity index (χ4v) is 3.49. The highest BCUT2D eigenvalue weighted by atomic mass is 32.2. The van der Waals surface area contributed by atoms with E-state index in [2.05, 4.69) is 15.4 Å². The summed E-state index contributed by atoms with van der Waals surface area (Å²) in [6.07, 6.45) is 0.742. The van der Waals surface area contributed by atoms with Crippen LogP contribution in [0.15, 0.2) is 59.5 Å². The molecule has 6 nitrogen and oxygen atoms in total. The number of carbonyl (C=O) groups excluding carboxylic acids is 1. The Kier molecular flexibility index (Phi) is 6.55. The van der Waals surface area contributed by atoms with E-state index in [0.29, 0.717) is 12.2 Å². The lowest BCUT2D eigenvalue weighted by molar-refractivity contribution is 0.252. The molecule has 0 saturated carbocycles. The Balaban J connectivity index is 1.85. The summed E-state index contributed by atoms with van der Waals surface area (Å²) < 4.78 is 26.6. The molecule has 0 bridgehead atoms. The number of sulfonamides is 1. The van der Waals surface area contributed by atoms with Crippen molar-refractivity contribution >= 4 is 21.7 Å². The molecule has 0 fully saturated rings. The Morgan fingerprint density at radius 3 is 2.24 bits per heavy atom. The SMILES string of the molecule is CC(C)NS(=O)(=O)c1ccc(NC(=O)NCCc2ccccc2)cc1. The molecule has 2 amide bonds. The van der Waals surface area contributed by atoms with Gasteiger partial charge in [0, 0.05) is 18.3 Å². The van der Waals surface area contributed by atoms with Crippen molar-refractivity contribution in [3.05, 3.63) is 60.2 Å². The molecule has 0 aliphatic carbocycles. The molecule has 3 N–H and O–H groups in total. The summed E-state index contributed by atoms with van der Waals surface area (Å²) in [4.78, 5) is 12.0. The predicted molar refractivity (Wildman–Crippen MR) is 99.1 cm³/mol. The quantitative estimate of drug-likeness (QED) is 0.709. The van der Waals surface area contributed by atoms with Gasteiger partial charge in [-0.25, -0.2) is 17.9 Å². The van der Waals surface area contributed by atoms with Crippen molar-refractivity contribution in [2.75, 3.05) is 11.9 Å². The topological polar surface area (TPSA) is 87.3 Å². The standard InChI is InChI=1S/C18H23N3O3S/c1-14(2)21-25(23,24)17-10-8-16(9-11-17)20-18(22)19-13-12-15-6-4-3-5-7-15/h3-11,14,21H,12-13H2,1-2H3,(H2,19,20,22). The molecular weight excluding hydrogens is 338 g/mol. The maximum absolute atomic E-state index is 12.0. The number of nitrogens with one attached hydrogen (secondary N) is 3. The third-order valence-electron chi connectivity index (χ3n) is 3.36. The Morgan fingerprint density at radius 1 is 1.00 bits per heavy atom. The average Bonchev–Trinajstić information content (AvgIpc) is 2.55. The normalized spacial score (nSPS) is 11.3. The van der Waals surface area contributed by atoms with E-state index in [-0.39, 0.29) is 17.0 Å². The Morgan fingerprint density at radius 2 is 1.64 bits per heavy atom. The molecule has 0 atom stereocenters. The van der Waals surface area contributed by atoms with E-state index in [4.69, 9.17) is 0 Å². The van der Waals surface area contributed by atoms with Gasteiger partial charge in [-0.3, -0.25) is 0 Å². The van der Waals surface area contributed by atoms with Gasteiger partial charge >= 0.3 is 6.03 Å². The van der Waals surface area contributed by atoms with Gasteiger partial charge in [-0.1, -0.05) is 30.3 Å². The van der Waals surface area contributed by atoms with Crippen LogP contribution in [0, 0.1) is 0 Å². The smallest absolute Gasteiger partial charge is 0.319 e. The molecule has 0 aliphatic rings. The maximum atomic E-state index is 12.0. The van der Waals surface area contributed by atoms with E-state index >= 15 is 0 Å². The van der Waals surface area contributed by atoms with Crippen molar-refractivity contribution in [1.82, 2.24) is 10.0 Å². The lowest BCUT2D eigenvalue weighted by Crippen LogP contribution is -2.31. The second kappa shape index (κ2) is 8.64. The Hall–Kier alpha value is -2.38. The zero-order chi connectivity index (χ0) is 18.3. The predicted octanol–water partition coefficient (Wildman–Crippen LogP) is 2.74. The zero-order valence-electron chi connectivity index (χ0n) is 14.3. The van der Waals surface area contributed by atoms with Gasteiger partial charge in [-0.15, -0.1) is 0 Å². The third kappa shape index (κ3) is 6.21. The minimum absolute atomic E-state index is 0.163. The summed E-state index contributed by atoms with van der Waals surface area (Å²) in [6, 6.07) is 15.4. The number of hydrogen-bond donors (Lipinski definition) is 3. The first-order chi connectivity index (χ1) is 11.9. The van der Waals surface area contributed by atoms with Crippen LogP contribution in [0.2, 0.25) is 0 Å². The third-order valence-corrected chi connectivity index (χ3v) is 5.03. The summed E-state index contributed by atoms with van der Waals surface area (Å²) in [5.74, 6) is 0. The minimum Gasteiger partial charge on any atom is -0.338 e. The van der Waals surface area contributed by atoms with Crippen LogP contribution < -0.4 is 15.4 Å². The second-order valence-electron chi connectivity index (χ2n) is 5.92. The van der Waals surface area contributed by atoms with Crippen molar-refractivity contribution in [1.29, 1.82) is 0 Å². The molecular formula is C18H23N3O3S. The van der Waals surface area contributed by atoms with Gasteiger partial charge in [0.1, 0.15) is 0 Å². The Labute approximate surface area is 148 Å². The molecule has 0 heterocycles. The van der Waals surface area contributed by atoms with Crippen LogP contribution in [0.1, 0.15) is 19.4 Å². The molecule has 2 aromatic rings. The fraction of sp³-hybridized carbons (Fsp3) is 0.278. The van der Waals surface area contributed by atoms with Gasteiger partial charge in [-0.2, -0.15) is 0 Å². The van der Waals surface area contributed by atoms with Crippen LogP contribution in [0.25, 0.3) is 0 Å². The summed E-state index contributed by atoms with van der Waals surface area (Å²) >= 11 is 0. The molecule has 2 aromatic carbocycles. The number of rotatable bonds is 7. The first-order valence-electron chi connectivity index (χ1n) is 8.08. The van der Waals surface area contributed by atoms with Gasteiger partial charge in [0.05, 0.1) is 4.90 Å². The molecule has 0 saturated heterocycles. The van der Waals surface area contributed by atoms with Crippen molar-refractivity contribution < 1.29 is 13.2 Å². The molecule has 0 aliphatic heterocycles. The number of carbonyl (C=O) groups is 1. The highest BCUT2D eigenvalue weighted by Gasteiger charge is 2.15. The first-order valence-corrected chi connectivity index (χ1v) is 9.56. The molecule has 7 heteroatoms. The number of anilines is 1. The molecule has 0 radical (unpaired) electrons. The number of urea groups is 1.